The third-order valence-electron chi connectivity index (χ3n) is 3.44. The summed E-state index contributed by atoms with van der Waals surface area (Å²) in [6.45, 7) is 2.08. The highest BCUT2D eigenvalue weighted by atomic mass is 32.2. The molecule has 6 heteroatoms. The van der Waals surface area contributed by atoms with E-state index in [0.717, 1.165) is 17.9 Å². The molecule has 1 aromatic rings. The third kappa shape index (κ3) is 3.51. The minimum atomic E-state index is -3.48. The second-order valence-corrected chi connectivity index (χ2v) is 7.67. The quantitative estimate of drug-likeness (QED) is 0.865. The van der Waals surface area contributed by atoms with E-state index in [4.69, 9.17) is 0 Å². The fraction of sp³-hybridized carbons (Fsp3) is 0.538. The summed E-state index contributed by atoms with van der Waals surface area (Å²) >= 11 is 1.87. The van der Waals surface area contributed by atoms with Crippen molar-refractivity contribution in [2.45, 2.75) is 24.8 Å². The summed E-state index contributed by atoms with van der Waals surface area (Å²) < 4.78 is 27.2. The minimum absolute atomic E-state index is 0.144. The lowest BCUT2D eigenvalue weighted by atomic mass is 10.1. The lowest BCUT2D eigenvalue weighted by Crippen LogP contribution is -2.30. The second kappa shape index (κ2) is 6.26. The molecule has 4 nitrogen and oxygen atoms in total. The first-order valence-electron chi connectivity index (χ1n) is 6.31. The predicted octanol–water partition coefficient (Wildman–Crippen LogP) is 1.52. The van der Waals surface area contributed by atoms with Gasteiger partial charge in [0, 0.05) is 6.54 Å². The lowest BCUT2D eigenvalue weighted by molar-refractivity contribution is 0.280. The summed E-state index contributed by atoms with van der Waals surface area (Å²) in [5.74, 6) is 2.57. The molecule has 1 aromatic carbocycles. The van der Waals surface area contributed by atoms with Crippen molar-refractivity contribution in [1.82, 2.24) is 4.72 Å². The Balaban J connectivity index is 2.14. The number of rotatable bonds is 5. The smallest absolute Gasteiger partial charge is 0.240 e. The first-order chi connectivity index (χ1) is 9.04. The summed E-state index contributed by atoms with van der Waals surface area (Å²) in [4.78, 5) is 0.268. The molecule has 1 aliphatic heterocycles. The minimum Gasteiger partial charge on any atom is -0.392 e. The molecule has 0 bridgehead atoms. The monoisotopic (exact) mass is 301 g/mol. The van der Waals surface area contributed by atoms with Crippen molar-refractivity contribution in [2.75, 3.05) is 18.1 Å². The molecule has 0 amide bonds. The van der Waals surface area contributed by atoms with Crippen LogP contribution in [0.15, 0.2) is 23.1 Å². The molecule has 0 spiro atoms. The second-order valence-electron chi connectivity index (χ2n) is 4.78. The van der Waals surface area contributed by atoms with Crippen LogP contribution in [0.1, 0.15) is 17.5 Å². The first kappa shape index (κ1) is 14.8. The van der Waals surface area contributed by atoms with Crippen LogP contribution in [0.2, 0.25) is 0 Å². The van der Waals surface area contributed by atoms with Crippen LogP contribution in [-0.2, 0) is 16.6 Å². The van der Waals surface area contributed by atoms with Gasteiger partial charge in [-0.3, -0.25) is 0 Å². The number of sulfonamides is 1. The van der Waals surface area contributed by atoms with Crippen molar-refractivity contribution in [3.05, 3.63) is 29.3 Å². The summed E-state index contributed by atoms with van der Waals surface area (Å²) in [5, 5.41) is 9.19. The van der Waals surface area contributed by atoms with Gasteiger partial charge < -0.3 is 5.11 Å². The molecule has 1 heterocycles. The van der Waals surface area contributed by atoms with Crippen molar-refractivity contribution in [3.63, 3.8) is 0 Å². The fourth-order valence-electron chi connectivity index (χ4n) is 2.17. The molecule has 1 unspecified atom stereocenters. The standard InChI is InChI=1S/C13H19NO3S2/c1-10-12(8-15)3-2-4-13(10)19(16,17)14-7-11-5-6-18-9-11/h2-4,11,14-15H,5-9H2,1H3. The van der Waals surface area contributed by atoms with Crippen molar-refractivity contribution in [3.8, 4) is 0 Å². The van der Waals surface area contributed by atoms with E-state index >= 15 is 0 Å². The Hall–Kier alpha value is -0.560. The van der Waals surface area contributed by atoms with Gasteiger partial charge in [0.05, 0.1) is 11.5 Å². The van der Waals surface area contributed by atoms with E-state index in [9.17, 15) is 13.5 Å². The van der Waals surface area contributed by atoms with E-state index in [1.54, 1.807) is 25.1 Å². The van der Waals surface area contributed by atoms with E-state index in [-0.39, 0.29) is 11.5 Å². The number of thioether (sulfide) groups is 1. The highest BCUT2D eigenvalue weighted by molar-refractivity contribution is 7.99. The molecule has 19 heavy (non-hydrogen) atoms. The van der Waals surface area contributed by atoms with Gasteiger partial charge in [0.1, 0.15) is 0 Å². The lowest BCUT2D eigenvalue weighted by Gasteiger charge is -2.13. The molecule has 2 N–H and O–H groups in total. The molecule has 1 saturated heterocycles. The molecule has 2 rings (SSSR count). The average molecular weight is 301 g/mol. The predicted molar refractivity (Wildman–Crippen MR) is 77.7 cm³/mol. The van der Waals surface area contributed by atoms with Gasteiger partial charge >= 0.3 is 0 Å². The zero-order chi connectivity index (χ0) is 13.9. The molecule has 0 aromatic heterocycles. The van der Waals surface area contributed by atoms with Crippen molar-refractivity contribution >= 4 is 21.8 Å². The maximum absolute atomic E-state index is 12.3. The van der Waals surface area contributed by atoms with Crippen LogP contribution in [0.5, 0.6) is 0 Å². The van der Waals surface area contributed by atoms with Crippen LogP contribution in [-0.4, -0.2) is 31.6 Å². The van der Waals surface area contributed by atoms with Gasteiger partial charge in [-0.2, -0.15) is 11.8 Å². The van der Waals surface area contributed by atoms with Crippen LogP contribution in [0.3, 0.4) is 0 Å². The van der Waals surface area contributed by atoms with Gasteiger partial charge in [-0.1, -0.05) is 12.1 Å². The number of nitrogens with one attached hydrogen (secondary N) is 1. The summed E-state index contributed by atoms with van der Waals surface area (Å²) in [6, 6.07) is 4.99. The summed E-state index contributed by atoms with van der Waals surface area (Å²) in [7, 11) is -3.48. The SMILES string of the molecule is Cc1c(CO)cccc1S(=O)(=O)NCC1CCSC1. The summed E-state index contributed by atoms with van der Waals surface area (Å²) in [5.41, 5.74) is 1.28. The van der Waals surface area contributed by atoms with Crippen LogP contribution in [0.4, 0.5) is 0 Å². The molecule has 1 aliphatic rings. The van der Waals surface area contributed by atoms with Gasteiger partial charge in [0.15, 0.2) is 0 Å². The summed E-state index contributed by atoms with van der Waals surface area (Å²) in [6.07, 6.45) is 1.07. The van der Waals surface area contributed by atoms with E-state index in [1.807, 2.05) is 11.8 Å². The van der Waals surface area contributed by atoms with E-state index in [0.29, 0.717) is 23.6 Å². The van der Waals surface area contributed by atoms with E-state index in [1.165, 1.54) is 0 Å². The molecule has 1 atom stereocenters. The van der Waals surface area contributed by atoms with Crippen LogP contribution in [0.25, 0.3) is 0 Å². The maximum atomic E-state index is 12.3. The largest absolute Gasteiger partial charge is 0.392 e. The Morgan fingerprint density at radius 2 is 2.26 bits per heavy atom. The first-order valence-corrected chi connectivity index (χ1v) is 8.95. The Bertz CT molecular complexity index is 537. The van der Waals surface area contributed by atoms with Gasteiger partial charge in [-0.25, -0.2) is 13.1 Å². The number of benzene rings is 1. The highest BCUT2D eigenvalue weighted by Gasteiger charge is 2.21. The Kier molecular flexibility index (Phi) is 4.89. The molecule has 0 aliphatic carbocycles. The average Bonchev–Trinajstić information content (AvgIpc) is 2.90. The normalized spacial score (nSPS) is 19.8. The van der Waals surface area contributed by atoms with Crippen LogP contribution < -0.4 is 4.72 Å². The molecular formula is C13H19NO3S2. The van der Waals surface area contributed by atoms with Crippen LogP contribution in [0, 0.1) is 12.8 Å². The maximum Gasteiger partial charge on any atom is 0.240 e. The van der Waals surface area contributed by atoms with Crippen LogP contribution >= 0.6 is 11.8 Å². The molecule has 1 fully saturated rings. The Labute approximate surface area is 118 Å². The topological polar surface area (TPSA) is 66.4 Å². The van der Waals surface area contributed by atoms with Gasteiger partial charge in [-0.05, 0) is 48.0 Å². The number of aliphatic hydroxyl groups excluding tert-OH is 1. The Morgan fingerprint density at radius 1 is 1.47 bits per heavy atom. The van der Waals surface area contributed by atoms with Crippen molar-refractivity contribution in [2.24, 2.45) is 5.92 Å². The van der Waals surface area contributed by atoms with Crippen molar-refractivity contribution < 1.29 is 13.5 Å². The molecule has 0 radical (unpaired) electrons. The van der Waals surface area contributed by atoms with E-state index < -0.39 is 10.0 Å². The molecule has 0 saturated carbocycles. The molecular weight excluding hydrogens is 282 g/mol. The van der Waals surface area contributed by atoms with E-state index in [2.05, 4.69) is 4.72 Å². The number of hydrogen-bond acceptors (Lipinski definition) is 4. The highest BCUT2D eigenvalue weighted by Crippen LogP contribution is 2.24. The fourth-order valence-corrected chi connectivity index (χ4v) is 4.86. The van der Waals surface area contributed by atoms with Crippen molar-refractivity contribution in [1.29, 1.82) is 0 Å². The van der Waals surface area contributed by atoms with Gasteiger partial charge in [0.25, 0.3) is 0 Å². The number of aliphatic hydroxyl groups is 1. The van der Waals surface area contributed by atoms with Gasteiger partial charge in [0.2, 0.25) is 10.0 Å². The van der Waals surface area contributed by atoms with Gasteiger partial charge in [-0.15, -0.1) is 0 Å². The third-order valence-corrected chi connectivity index (χ3v) is 6.24. The molecule has 106 valence electrons. The number of hydrogen-bond donors (Lipinski definition) is 2. The zero-order valence-electron chi connectivity index (χ0n) is 10.9. The zero-order valence-corrected chi connectivity index (χ0v) is 12.6. The Morgan fingerprint density at radius 3 is 2.89 bits per heavy atom.